The van der Waals surface area contributed by atoms with Crippen LogP contribution in [0.2, 0.25) is 0 Å². The highest BCUT2D eigenvalue weighted by Crippen LogP contribution is 2.53. The van der Waals surface area contributed by atoms with Crippen LogP contribution in [0.3, 0.4) is 0 Å². The van der Waals surface area contributed by atoms with Gasteiger partial charge in [-0.25, -0.2) is 0 Å². The molecule has 0 N–H and O–H groups in total. The van der Waals surface area contributed by atoms with Crippen LogP contribution in [0.1, 0.15) is 25.0 Å². The quantitative estimate of drug-likeness (QED) is 0.167. The number of fused-ring (bicyclic) bond motifs is 9. The molecular formula is C59H41NO. The number of para-hydroxylation sites is 1. The van der Waals surface area contributed by atoms with Gasteiger partial charge in [0.05, 0.1) is 5.69 Å². The average Bonchev–Trinajstić information content (AvgIpc) is 3.81. The van der Waals surface area contributed by atoms with E-state index in [1.54, 1.807) is 0 Å². The molecule has 0 amide bonds. The van der Waals surface area contributed by atoms with Crippen molar-refractivity contribution in [2.75, 3.05) is 4.90 Å². The largest absolute Gasteiger partial charge is 0.456 e. The van der Waals surface area contributed by atoms with Crippen molar-refractivity contribution in [2.45, 2.75) is 19.3 Å². The van der Waals surface area contributed by atoms with Gasteiger partial charge in [0.2, 0.25) is 0 Å². The SMILES string of the molecule is CC1(C)c2ccccc2-c2c1ccc1c(N(c3ccc(-c4cccc5cccc(-c6ccccc6)c45)cc3)c3cccc(-c4cccc5oc6ccccc6c45)c3)cccc21. The molecule has 1 heterocycles. The predicted octanol–water partition coefficient (Wildman–Crippen LogP) is 16.7. The standard InChI is InChI=1S/C59H41NO/c1-59(2)51-27-8-6-21-49(51)57-48-26-13-28-53(47(48)35-36-52(57)59)60(43-20-10-19-41(37-43)46-25-14-30-55-58(46)50-22-7-9-29-54(50)61-55)42-33-31-39(32-34-42)45-24-12-18-40-17-11-23-44(56(40)45)38-15-4-3-5-16-38/h3-37H,1-2H3. The number of furan rings is 1. The van der Waals surface area contributed by atoms with Crippen LogP contribution in [0.15, 0.2) is 217 Å². The van der Waals surface area contributed by atoms with Crippen LogP contribution < -0.4 is 4.90 Å². The summed E-state index contributed by atoms with van der Waals surface area (Å²) in [6.07, 6.45) is 0. The molecule has 0 spiro atoms. The highest BCUT2D eigenvalue weighted by molar-refractivity contribution is 6.13. The zero-order chi connectivity index (χ0) is 40.7. The molecule has 0 saturated carbocycles. The van der Waals surface area contributed by atoms with E-state index >= 15 is 0 Å². The van der Waals surface area contributed by atoms with E-state index in [0.29, 0.717) is 0 Å². The predicted molar refractivity (Wildman–Crippen MR) is 257 cm³/mol. The van der Waals surface area contributed by atoms with Crippen molar-refractivity contribution in [2.24, 2.45) is 0 Å². The molecule has 0 saturated heterocycles. The summed E-state index contributed by atoms with van der Waals surface area (Å²) in [5.74, 6) is 0. The van der Waals surface area contributed by atoms with Crippen LogP contribution in [0.4, 0.5) is 17.1 Å². The van der Waals surface area contributed by atoms with E-state index in [2.05, 4.69) is 225 Å². The molecule has 11 aromatic rings. The van der Waals surface area contributed by atoms with Crippen LogP contribution in [-0.2, 0) is 5.41 Å². The Kier molecular flexibility index (Phi) is 7.92. The molecule has 1 aliphatic rings. The van der Waals surface area contributed by atoms with Gasteiger partial charge in [0, 0.05) is 32.9 Å². The second-order valence-electron chi connectivity index (χ2n) is 16.8. The molecule has 1 aliphatic carbocycles. The molecule has 61 heavy (non-hydrogen) atoms. The van der Waals surface area contributed by atoms with E-state index in [-0.39, 0.29) is 5.41 Å². The lowest BCUT2D eigenvalue weighted by Crippen LogP contribution is -2.15. The molecule has 10 aromatic carbocycles. The van der Waals surface area contributed by atoms with Gasteiger partial charge in [-0.15, -0.1) is 0 Å². The van der Waals surface area contributed by atoms with Gasteiger partial charge in [-0.1, -0.05) is 184 Å². The fraction of sp³-hybridized carbons (Fsp3) is 0.0508. The van der Waals surface area contributed by atoms with Crippen molar-refractivity contribution in [3.8, 4) is 44.5 Å². The van der Waals surface area contributed by atoms with E-state index in [9.17, 15) is 0 Å². The third-order valence-corrected chi connectivity index (χ3v) is 13.1. The van der Waals surface area contributed by atoms with Crippen LogP contribution >= 0.6 is 0 Å². The van der Waals surface area contributed by atoms with Gasteiger partial charge in [0.1, 0.15) is 11.2 Å². The molecule has 12 rings (SSSR count). The summed E-state index contributed by atoms with van der Waals surface area (Å²) in [6.45, 7) is 4.71. The Morgan fingerprint density at radius 1 is 0.377 bits per heavy atom. The van der Waals surface area contributed by atoms with Gasteiger partial charge in [0.15, 0.2) is 0 Å². The molecule has 0 atom stereocenters. The second-order valence-corrected chi connectivity index (χ2v) is 16.8. The Morgan fingerprint density at radius 2 is 0.984 bits per heavy atom. The molecule has 0 radical (unpaired) electrons. The fourth-order valence-electron chi connectivity index (χ4n) is 10.2. The minimum absolute atomic E-state index is 0.0831. The zero-order valence-corrected chi connectivity index (χ0v) is 34.1. The van der Waals surface area contributed by atoms with Crippen molar-refractivity contribution < 1.29 is 4.42 Å². The van der Waals surface area contributed by atoms with Gasteiger partial charge in [-0.3, -0.25) is 0 Å². The van der Waals surface area contributed by atoms with Gasteiger partial charge in [-0.2, -0.15) is 0 Å². The number of rotatable bonds is 6. The van der Waals surface area contributed by atoms with Crippen LogP contribution in [0.5, 0.6) is 0 Å². The Hall–Kier alpha value is -7.68. The van der Waals surface area contributed by atoms with Gasteiger partial charge < -0.3 is 9.32 Å². The first kappa shape index (κ1) is 35.3. The number of hydrogen-bond donors (Lipinski definition) is 0. The van der Waals surface area contributed by atoms with Crippen LogP contribution in [0, 0.1) is 0 Å². The molecule has 288 valence electrons. The first-order valence-electron chi connectivity index (χ1n) is 21.2. The topological polar surface area (TPSA) is 16.4 Å². The molecule has 2 heteroatoms. The molecule has 1 aromatic heterocycles. The summed E-state index contributed by atoms with van der Waals surface area (Å²) in [7, 11) is 0. The minimum atomic E-state index is -0.0831. The minimum Gasteiger partial charge on any atom is -0.456 e. The molecule has 2 nitrogen and oxygen atoms in total. The molecule has 0 unspecified atom stereocenters. The number of nitrogens with zero attached hydrogens (tertiary/aromatic N) is 1. The summed E-state index contributed by atoms with van der Waals surface area (Å²) >= 11 is 0. The summed E-state index contributed by atoms with van der Waals surface area (Å²) in [6, 6.07) is 77.4. The molecule has 0 fully saturated rings. The van der Waals surface area contributed by atoms with Crippen molar-refractivity contribution >= 4 is 60.5 Å². The third-order valence-electron chi connectivity index (χ3n) is 13.1. The molecular weight excluding hydrogens is 739 g/mol. The van der Waals surface area contributed by atoms with Crippen LogP contribution in [0.25, 0.3) is 88.0 Å². The van der Waals surface area contributed by atoms with E-state index in [1.807, 2.05) is 6.07 Å². The maximum atomic E-state index is 6.35. The van der Waals surface area contributed by atoms with E-state index in [0.717, 1.165) is 50.1 Å². The maximum Gasteiger partial charge on any atom is 0.136 e. The fourth-order valence-corrected chi connectivity index (χ4v) is 10.2. The highest BCUT2D eigenvalue weighted by atomic mass is 16.3. The summed E-state index contributed by atoms with van der Waals surface area (Å²) < 4.78 is 6.35. The summed E-state index contributed by atoms with van der Waals surface area (Å²) in [5, 5.41) is 7.24. The van der Waals surface area contributed by atoms with Crippen molar-refractivity contribution in [1.29, 1.82) is 0 Å². The van der Waals surface area contributed by atoms with Crippen molar-refractivity contribution in [3.05, 3.63) is 223 Å². The first-order chi connectivity index (χ1) is 30.0. The Bertz CT molecular complexity index is 3500. The lowest BCUT2D eigenvalue weighted by Gasteiger charge is -2.28. The van der Waals surface area contributed by atoms with E-state index < -0.39 is 0 Å². The second kappa shape index (κ2) is 13.7. The molecule has 0 aliphatic heterocycles. The lowest BCUT2D eigenvalue weighted by molar-refractivity contribution is 0.661. The van der Waals surface area contributed by atoms with E-state index in [1.165, 1.54) is 66.1 Å². The van der Waals surface area contributed by atoms with Gasteiger partial charge in [0.25, 0.3) is 0 Å². The highest BCUT2D eigenvalue weighted by Gasteiger charge is 2.36. The maximum absolute atomic E-state index is 6.35. The number of anilines is 3. The van der Waals surface area contributed by atoms with Crippen molar-refractivity contribution in [3.63, 3.8) is 0 Å². The monoisotopic (exact) mass is 779 g/mol. The van der Waals surface area contributed by atoms with Gasteiger partial charge >= 0.3 is 0 Å². The Labute approximate surface area is 355 Å². The molecule has 0 bridgehead atoms. The summed E-state index contributed by atoms with van der Waals surface area (Å²) in [5.41, 5.74) is 17.6. The average molecular weight is 780 g/mol. The zero-order valence-electron chi connectivity index (χ0n) is 34.1. The van der Waals surface area contributed by atoms with Crippen LogP contribution in [-0.4, -0.2) is 0 Å². The number of benzene rings is 10. The lowest BCUT2D eigenvalue weighted by atomic mass is 9.82. The van der Waals surface area contributed by atoms with Gasteiger partial charge in [-0.05, 0) is 114 Å². The number of hydrogen-bond acceptors (Lipinski definition) is 2. The third kappa shape index (κ3) is 5.49. The smallest absolute Gasteiger partial charge is 0.136 e. The Morgan fingerprint density at radius 3 is 1.80 bits per heavy atom. The normalized spacial score (nSPS) is 12.9. The van der Waals surface area contributed by atoms with E-state index in [4.69, 9.17) is 4.42 Å². The van der Waals surface area contributed by atoms with Crippen molar-refractivity contribution in [1.82, 2.24) is 0 Å². The Balaban J connectivity index is 1.06. The first-order valence-corrected chi connectivity index (χ1v) is 21.2. The summed E-state index contributed by atoms with van der Waals surface area (Å²) in [4.78, 5) is 2.44.